The minimum absolute atomic E-state index is 0.543. The molecule has 5 nitrogen and oxygen atoms in total. The number of aromatic amines is 1. The van der Waals surface area contributed by atoms with Gasteiger partial charge >= 0.3 is 0 Å². The normalized spacial score (nSPS) is 12.2. The van der Waals surface area contributed by atoms with Crippen LogP contribution in [0.1, 0.15) is 56.9 Å². The molecular weight excluding hydrogens is 491 g/mol. The van der Waals surface area contributed by atoms with Gasteiger partial charge in [-0.15, -0.1) is 0 Å². The third-order valence-electron chi connectivity index (χ3n) is 6.66. The Morgan fingerprint density at radius 2 is 1.89 bits per heavy atom. The number of hydrogen-bond donors (Lipinski definition) is 2. The number of aromatic nitrogens is 3. The number of nitrogens with one attached hydrogen (secondary N) is 1. The van der Waals surface area contributed by atoms with E-state index < -0.39 is 5.60 Å². The highest BCUT2D eigenvalue weighted by molar-refractivity contribution is 6.35. The second-order valence-electron chi connectivity index (χ2n) is 10.3. The molecule has 0 saturated carbocycles. The van der Waals surface area contributed by atoms with Crippen LogP contribution >= 0.6 is 23.2 Å². The van der Waals surface area contributed by atoms with Crippen molar-refractivity contribution in [2.75, 3.05) is 6.54 Å². The number of halogens is 2. The van der Waals surface area contributed by atoms with E-state index in [1.54, 1.807) is 0 Å². The fourth-order valence-electron chi connectivity index (χ4n) is 4.54. The Hall–Kier alpha value is -2.31. The maximum absolute atomic E-state index is 10.5. The summed E-state index contributed by atoms with van der Waals surface area (Å²) in [7, 11) is 0. The lowest BCUT2D eigenvalue weighted by molar-refractivity contribution is 0.0550. The van der Waals surface area contributed by atoms with Crippen molar-refractivity contribution in [2.24, 2.45) is 0 Å². The summed E-state index contributed by atoms with van der Waals surface area (Å²) in [5, 5.41) is 12.7. The first-order valence-corrected chi connectivity index (χ1v) is 13.4. The highest BCUT2D eigenvalue weighted by Crippen LogP contribution is 2.30. The number of rotatable bonds is 11. The highest BCUT2D eigenvalue weighted by atomic mass is 35.5. The van der Waals surface area contributed by atoms with Gasteiger partial charge in [0.2, 0.25) is 0 Å². The molecule has 0 spiro atoms. The number of fused-ring (bicyclic) bond motifs is 1. The topological polar surface area (TPSA) is 57.1 Å². The van der Waals surface area contributed by atoms with Gasteiger partial charge < -0.3 is 14.7 Å². The summed E-state index contributed by atoms with van der Waals surface area (Å²) >= 11 is 13.2. The number of H-pyrrole nitrogens is 1. The van der Waals surface area contributed by atoms with Gasteiger partial charge in [-0.1, -0.05) is 66.9 Å². The van der Waals surface area contributed by atoms with Crippen LogP contribution in [0.25, 0.3) is 22.3 Å². The number of imidazole rings is 1. The maximum Gasteiger partial charge on any atom is 0.152 e. The molecule has 0 radical (unpaired) electrons. The molecule has 36 heavy (non-hydrogen) atoms. The molecule has 4 aromatic rings. The Morgan fingerprint density at radius 1 is 1.11 bits per heavy atom. The van der Waals surface area contributed by atoms with Gasteiger partial charge in [0.05, 0.1) is 16.3 Å². The summed E-state index contributed by atoms with van der Waals surface area (Å²) < 4.78 is 2.29. The van der Waals surface area contributed by atoms with Gasteiger partial charge in [-0.3, -0.25) is 4.90 Å². The molecule has 2 heterocycles. The Morgan fingerprint density at radius 3 is 2.61 bits per heavy atom. The van der Waals surface area contributed by atoms with Gasteiger partial charge in [-0.25, -0.2) is 4.98 Å². The van der Waals surface area contributed by atoms with E-state index in [1.165, 1.54) is 5.56 Å². The molecule has 0 atom stereocenters. The molecule has 192 valence electrons. The van der Waals surface area contributed by atoms with Gasteiger partial charge in [0.1, 0.15) is 5.82 Å². The molecule has 2 aromatic carbocycles. The van der Waals surface area contributed by atoms with Crippen LogP contribution in [-0.4, -0.2) is 36.7 Å². The molecule has 0 aliphatic carbocycles. The fraction of sp³-hybridized carbons (Fsp3) is 0.414. The molecule has 0 fully saturated rings. The predicted octanol–water partition coefficient (Wildman–Crippen LogP) is 7.61. The van der Waals surface area contributed by atoms with E-state index in [-0.39, 0.29) is 0 Å². The molecule has 0 aliphatic rings. The number of aryl methyl sites for hydroxylation is 1. The first-order valence-electron chi connectivity index (χ1n) is 12.7. The lowest BCUT2D eigenvalue weighted by Crippen LogP contribution is -2.31. The van der Waals surface area contributed by atoms with Crippen LogP contribution in [-0.2, 0) is 19.6 Å². The average molecular weight is 528 g/mol. The van der Waals surface area contributed by atoms with Crippen LogP contribution in [0.15, 0.2) is 48.7 Å². The number of nitrogens with zero attached hydrogens (tertiary/aromatic N) is 3. The number of benzene rings is 2. The summed E-state index contributed by atoms with van der Waals surface area (Å²) in [6.07, 6.45) is 4.60. The van der Waals surface area contributed by atoms with Gasteiger partial charge in [0, 0.05) is 48.8 Å². The number of unbranched alkanes of at least 4 members (excludes halogenated alkanes) is 1. The largest absolute Gasteiger partial charge is 0.390 e. The van der Waals surface area contributed by atoms with Crippen LogP contribution in [0.5, 0.6) is 0 Å². The quantitative estimate of drug-likeness (QED) is 0.211. The van der Waals surface area contributed by atoms with Crippen LogP contribution in [0.3, 0.4) is 0 Å². The van der Waals surface area contributed by atoms with E-state index in [4.69, 9.17) is 28.2 Å². The molecule has 7 heteroatoms. The second kappa shape index (κ2) is 11.4. The van der Waals surface area contributed by atoms with E-state index in [2.05, 4.69) is 58.6 Å². The standard InChI is InChI=1S/C29H36Cl2N4O/c1-5-6-14-35-26(27(31)33-28(35)22-10-8-7-9-20(22)2)19-34(15-13-29(3,4)36)18-21-11-12-25-23(16-21)24(30)17-32-25/h7-12,16-17,32,36H,5-6,13-15,18-19H2,1-4H3. The van der Waals surface area contributed by atoms with Crippen molar-refractivity contribution in [3.05, 3.63) is 75.7 Å². The summed E-state index contributed by atoms with van der Waals surface area (Å²) in [6, 6.07) is 14.7. The van der Waals surface area contributed by atoms with Crippen molar-refractivity contribution >= 4 is 34.1 Å². The first-order chi connectivity index (χ1) is 17.2. The molecule has 0 bridgehead atoms. The van der Waals surface area contributed by atoms with Crippen LogP contribution in [0.2, 0.25) is 10.2 Å². The van der Waals surface area contributed by atoms with Gasteiger partial charge in [-0.05, 0) is 56.9 Å². The zero-order chi connectivity index (χ0) is 25.9. The minimum atomic E-state index is -0.759. The van der Waals surface area contributed by atoms with Gasteiger partial charge in [-0.2, -0.15) is 0 Å². The average Bonchev–Trinajstić information content (AvgIpc) is 3.35. The molecule has 2 aromatic heterocycles. The molecule has 4 rings (SSSR count). The fourth-order valence-corrected chi connectivity index (χ4v) is 4.99. The number of hydrogen-bond acceptors (Lipinski definition) is 3. The lowest BCUT2D eigenvalue weighted by Gasteiger charge is -2.27. The van der Waals surface area contributed by atoms with Gasteiger partial charge in [0.15, 0.2) is 5.15 Å². The maximum atomic E-state index is 10.5. The van der Waals surface area contributed by atoms with Crippen LogP contribution in [0.4, 0.5) is 0 Å². The smallest absolute Gasteiger partial charge is 0.152 e. The van der Waals surface area contributed by atoms with Crippen molar-refractivity contribution in [1.29, 1.82) is 0 Å². The third-order valence-corrected chi connectivity index (χ3v) is 7.28. The molecule has 0 aliphatic heterocycles. The summed E-state index contributed by atoms with van der Waals surface area (Å²) in [5.74, 6) is 0.921. The Labute approximate surface area is 224 Å². The zero-order valence-corrected chi connectivity index (χ0v) is 23.1. The van der Waals surface area contributed by atoms with Crippen molar-refractivity contribution in [2.45, 2.75) is 72.2 Å². The van der Waals surface area contributed by atoms with Crippen LogP contribution in [0, 0.1) is 6.92 Å². The summed E-state index contributed by atoms with van der Waals surface area (Å²) in [5.41, 5.74) is 4.73. The minimum Gasteiger partial charge on any atom is -0.390 e. The van der Waals surface area contributed by atoms with Crippen molar-refractivity contribution in [3.8, 4) is 11.4 Å². The summed E-state index contributed by atoms with van der Waals surface area (Å²) in [6.45, 7) is 10.9. The van der Waals surface area contributed by atoms with Crippen molar-refractivity contribution in [1.82, 2.24) is 19.4 Å². The van der Waals surface area contributed by atoms with E-state index in [9.17, 15) is 5.11 Å². The third kappa shape index (κ3) is 6.33. The van der Waals surface area contributed by atoms with E-state index in [0.29, 0.717) is 24.7 Å². The Kier molecular flexibility index (Phi) is 8.46. The van der Waals surface area contributed by atoms with E-state index in [0.717, 1.165) is 64.5 Å². The summed E-state index contributed by atoms with van der Waals surface area (Å²) in [4.78, 5) is 10.4. The molecule has 0 amide bonds. The molecule has 0 unspecified atom stereocenters. The SMILES string of the molecule is CCCCn1c(-c2ccccc2C)nc(Cl)c1CN(CCC(C)(C)O)Cc1ccc2[nH]cc(Cl)c2c1. The second-order valence-corrected chi connectivity index (χ2v) is 11.0. The Bertz CT molecular complexity index is 1320. The molecule has 2 N–H and O–H groups in total. The molecular formula is C29H36Cl2N4O. The number of aliphatic hydroxyl groups is 1. The first kappa shape index (κ1) is 26.7. The predicted molar refractivity (Wildman–Crippen MR) is 151 cm³/mol. The van der Waals surface area contributed by atoms with E-state index in [1.807, 2.05) is 32.2 Å². The van der Waals surface area contributed by atoms with Crippen molar-refractivity contribution < 1.29 is 5.11 Å². The Balaban J connectivity index is 1.69. The van der Waals surface area contributed by atoms with E-state index >= 15 is 0 Å². The molecule has 0 saturated heterocycles. The van der Waals surface area contributed by atoms with Gasteiger partial charge in [0.25, 0.3) is 0 Å². The monoisotopic (exact) mass is 526 g/mol. The van der Waals surface area contributed by atoms with Crippen molar-refractivity contribution in [3.63, 3.8) is 0 Å². The lowest BCUT2D eigenvalue weighted by atomic mass is 10.0. The zero-order valence-electron chi connectivity index (χ0n) is 21.6. The highest BCUT2D eigenvalue weighted by Gasteiger charge is 2.22. The van der Waals surface area contributed by atoms with Crippen LogP contribution < -0.4 is 0 Å².